The molecule has 29 heavy (non-hydrogen) atoms. The van der Waals surface area contributed by atoms with Gasteiger partial charge in [-0.3, -0.25) is 9.52 Å². The van der Waals surface area contributed by atoms with Gasteiger partial charge in [-0.1, -0.05) is 12.1 Å². The molecule has 1 heterocycles. The molecule has 0 aromatic heterocycles. The third-order valence-corrected chi connectivity index (χ3v) is 8.08. The highest BCUT2D eigenvalue weighted by Gasteiger charge is 2.29. The Bertz CT molecular complexity index is 1100. The zero-order chi connectivity index (χ0) is 21.2. The predicted molar refractivity (Wildman–Crippen MR) is 112 cm³/mol. The number of benzene rings is 2. The molecule has 0 aliphatic carbocycles. The summed E-state index contributed by atoms with van der Waals surface area (Å²) in [5.41, 5.74) is 1.63. The lowest BCUT2D eigenvalue weighted by Gasteiger charge is -2.31. The van der Waals surface area contributed by atoms with Crippen LogP contribution in [0, 0.1) is 6.92 Å². The molecule has 1 saturated heterocycles. The highest BCUT2D eigenvalue weighted by molar-refractivity contribution is 7.92. The number of nitrogens with zero attached hydrogens (tertiary/aromatic N) is 1. The number of likely N-dealkylation sites (tertiary alicyclic amines) is 1. The number of hydrogen-bond donors (Lipinski definition) is 1. The lowest BCUT2D eigenvalue weighted by molar-refractivity contribution is 0.0726. The second-order valence-corrected chi connectivity index (χ2v) is 11.3. The van der Waals surface area contributed by atoms with Gasteiger partial charge in [0.05, 0.1) is 10.1 Å². The molecular weight excluding hydrogens is 412 g/mol. The van der Waals surface area contributed by atoms with Gasteiger partial charge in [-0.05, 0) is 61.7 Å². The number of carbonyl (C=O) groups is 1. The van der Waals surface area contributed by atoms with Crippen molar-refractivity contribution in [2.24, 2.45) is 0 Å². The molecule has 9 heteroatoms. The first-order valence-corrected chi connectivity index (χ1v) is 12.7. The normalized spacial score (nSPS) is 15.9. The van der Waals surface area contributed by atoms with Gasteiger partial charge in [-0.25, -0.2) is 16.8 Å². The van der Waals surface area contributed by atoms with E-state index in [1.165, 1.54) is 12.3 Å². The van der Waals surface area contributed by atoms with Crippen LogP contribution in [0.2, 0.25) is 0 Å². The maximum Gasteiger partial charge on any atom is 0.261 e. The van der Waals surface area contributed by atoms with Crippen molar-refractivity contribution in [3.8, 4) is 0 Å². The van der Waals surface area contributed by atoms with Crippen LogP contribution < -0.4 is 4.72 Å². The van der Waals surface area contributed by atoms with Gasteiger partial charge in [0.25, 0.3) is 15.9 Å². The SMILES string of the molecule is Cc1cccc(S(=O)(=O)Nc2ccc(C(=O)N3CCC(S(C)(=O)=O)CC3)cc2)c1. The van der Waals surface area contributed by atoms with E-state index >= 15 is 0 Å². The first-order chi connectivity index (χ1) is 13.6. The molecule has 1 aliphatic rings. The van der Waals surface area contributed by atoms with E-state index in [-0.39, 0.29) is 10.8 Å². The highest BCUT2D eigenvalue weighted by Crippen LogP contribution is 2.21. The fraction of sp³-hybridized carbons (Fsp3) is 0.350. The number of rotatable bonds is 5. The van der Waals surface area contributed by atoms with Crippen LogP contribution in [0.15, 0.2) is 53.4 Å². The van der Waals surface area contributed by atoms with Crippen LogP contribution in [0.1, 0.15) is 28.8 Å². The minimum atomic E-state index is -3.71. The van der Waals surface area contributed by atoms with Crippen molar-refractivity contribution in [1.82, 2.24) is 4.90 Å². The molecule has 1 N–H and O–H groups in total. The van der Waals surface area contributed by atoms with Crippen LogP contribution in [0.3, 0.4) is 0 Å². The first kappa shape index (κ1) is 21.3. The van der Waals surface area contributed by atoms with E-state index in [0.717, 1.165) is 5.56 Å². The second kappa shape index (κ2) is 8.16. The summed E-state index contributed by atoms with van der Waals surface area (Å²) in [6.07, 6.45) is 2.09. The molecule has 0 spiro atoms. The zero-order valence-electron chi connectivity index (χ0n) is 16.3. The van der Waals surface area contributed by atoms with Crippen LogP contribution in [-0.4, -0.2) is 52.2 Å². The van der Waals surface area contributed by atoms with Gasteiger partial charge in [0, 0.05) is 30.6 Å². The summed E-state index contributed by atoms with van der Waals surface area (Å²) in [7, 11) is -6.80. The Balaban J connectivity index is 1.67. The quantitative estimate of drug-likeness (QED) is 0.776. The van der Waals surface area contributed by atoms with Crippen molar-refractivity contribution in [3.63, 3.8) is 0 Å². The summed E-state index contributed by atoms with van der Waals surface area (Å²) in [6.45, 7) is 2.59. The lowest BCUT2D eigenvalue weighted by atomic mass is 10.1. The molecule has 0 saturated carbocycles. The Morgan fingerprint density at radius 2 is 1.62 bits per heavy atom. The third kappa shape index (κ3) is 5.16. The molecule has 2 aromatic carbocycles. The van der Waals surface area contributed by atoms with E-state index < -0.39 is 25.1 Å². The Labute approximate surface area is 171 Å². The maximum absolute atomic E-state index is 12.6. The Kier molecular flexibility index (Phi) is 6.00. The van der Waals surface area contributed by atoms with Crippen molar-refractivity contribution in [2.45, 2.75) is 29.9 Å². The van der Waals surface area contributed by atoms with Crippen molar-refractivity contribution >= 4 is 31.5 Å². The van der Waals surface area contributed by atoms with Gasteiger partial charge in [-0.2, -0.15) is 0 Å². The number of hydrogen-bond acceptors (Lipinski definition) is 5. The number of sulfone groups is 1. The Morgan fingerprint density at radius 3 is 2.17 bits per heavy atom. The Morgan fingerprint density at radius 1 is 1.00 bits per heavy atom. The minimum Gasteiger partial charge on any atom is -0.339 e. The average Bonchev–Trinajstić information content (AvgIpc) is 2.67. The maximum atomic E-state index is 12.6. The van der Waals surface area contributed by atoms with E-state index in [2.05, 4.69) is 4.72 Å². The standard InChI is InChI=1S/C20H24N2O5S2/c1-15-4-3-5-19(14-15)29(26,27)21-17-8-6-16(7-9-17)20(23)22-12-10-18(11-13-22)28(2,24)25/h3-9,14,18,21H,10-13H2,1-2H3. The smallest absolute Gasteiger partial charge is 0.261 e. The number of piperidine rings is 1. The minimum absolute atomic E-state index is 0.173. The second-order valence-electron chi connectivity index (χ2n) is 7.32. The largest absolute Gasteiger partial charge is 0.339 e. The molecule has 2 aromatic rings. The summed E-state index contributed by atoms with van der Waals surface area (Å²) < 4.78 is 50.8. The number of anilines is 1. The molecule has 0 unspecified atom stereocenters. The molecule has 0 atom stereocenters. The molecule has 3 rings (SSSR count). The van der Waals surface area contributed by atoms with Crippen LogP contribution in [0.25, 0.3) is 0 Å². The molecule has 1 fully saturated rings. The summed E-state index contributed by atoms with van der Waals surface area (Å²) in [5.74, 6) is -0.190. The van der Waals surface area contributed by atoms with Gasteiger partial charge >= 0.3 is 0 Å². The number of nitrogens with one attached hydrogen (secondary N) is 1. The fourth-order valence-electron chi connectivity index (χ4n) is 3.35. The van der Waals surface area contributed by atoms with Crippen molar-refractivity contribution < 1.29 is 21.6 Å². The summed E-state index contributed by atoms with van der Waals surface area (Å²) in [6, 6.07) is 12.8. The summed E-state index contributed by atoms with van der Waals surface area (Å²) >= 11 is 0. The van der Waals surface area contributed by atoms with Gasteiger partial charge in [0.1, 0.15) is 9.84 Å². The molecule has 7 nitrogen and oxygen atoms in total. The molecule has 0 radical (unpaired) electrons. The van der Waals surface area contributed by atoms with Gasteiger partial charge in [0.2, 0.25) is 0 Å². The van der Waals surface area contributed by atoms with Crippen molar-refractivity contribution in [3.05, 3.63) is 59.7 Å². The number of amides is 1. The summed E-state index contributed by atoms with van der Waals surface area (Å²) in [4.78, 5) is 14.5. The third-order valence-electron chi connectivity index (χ3n) is 5.02. The molecule has 0 bridgehead atoms. The number of aryl methyl sites for hydroxylation is 1. The molecular formula is C20H24N2O5S2. The Hall–Kier alpha value is -2.39. The van der Waals surface area contributed by atoms with Crippen molar-refractivity contribution in [1.29, 1.82) is 0 Å². The topological polar surface area (TPSA) is 101 Å². The van der Waals surface area contributed by atoms with Crippen molar-refractivity contribution in [2.75, 3.05) is 24.1 Å². The molecule has 1 aliphatic heterocycles. The van der Waals surface area contributed by atoms with Gasteiger partial charge < -0.3 is 4.90 Å². The van der Waals surface area contributed by atoms with Gasteiger partial charge in [-0.15, -0.1) is 0 Å². The fourth-order valence-corrected chi connectivity index (χ4v) is 5.58. The first-order valence-electron chi connectivity index (χ1n) is 9.24. The predicted octanol–water partition coefficient (Wildman–Crippen LogP) is 2.45. The van der Waals surface area contributed by atoms with E-state index in [9.17, 15) is 21.6 Å². The van der Waals surface area contributed by atoms with Crippen LogP contribution >= 0.6 is 0 Å². The van der Waals surface area contributed by atoms with E-state index in [1.807, 2.05) is 13.0 Å². The zero-order valence-corrected chi connectivity index (χ0v) is 18.0. The van der Waals surface area contributed by atoms with E-state index in [1.54, 1.807) is 41.3 Å². The average molecular weight is 437 g/mol. The van der Waals surface area contributed by atoms with Crippen LogP contribution in [0.5, 0.6) is 0 Å². The van der Waals surface area contributed by atoms with Crippen LogP contribution in [0.4, 0.5) is 5.69 Å². The lowest BCUT2D eigenvalue weighted by Crippen LogP contribution is -2.42. The van der Waals surface area contributed by atoms with E-state index in [4.69, 9.17) is 0 Å². The van der Waals surface area contributed by atoms with Crippen LogP contribution in [-0.2, 0) is 19.9 Å². The van der Waals surface area contributed by atoms with Gasteiger partial charge in [0.15, 0.2) is 0 Å². The highest BCUT2D eigenvalue weighted by atomic mass is 32.2. The monoisotopic (exact) mass is 436 g/mol. The summed E-state index contributed by atoms with van der Waals surface area (Å²) in [5, 5.41) is -0.398. The molecule has 1 amide bonds. The number of sulfonamides is 1. The van der Waals surface area contributed by atoms with E-state index in [0.29, 0.717) is 37.2 Å². The molecule has 156 valence electrons. The number of carbonyl (C=O) groups excluding carboxylic acids is 1.